The summed E-state index contributed by atoms with van der Waals surface area (Å²) < 4.78 is 0. The van der Waals surface area contributed by atoms with Crippen molar-refractivity contribution < 1.29 is 4.79 Å². The highest BCUT2D eigenvalue weighted by Gasteiger charge is 2.14. The van der Waals surface area contributed by atoms with Gasteiger partial charge in [0.15, 0.2) is 0 Å². The molecule has 0 saturated heterocycles. The standard InChI is InChI=1S/C17H14N2OS/c1-12-18-15(13-8-4-2-5-9-13)17(21-12)19-16(20)14-10-6-3-7-11-14/h2-11H,1H3,(H,19,20). The Morgan fingerprint density at radius 1 is 1.00 bits per heavy atom. The zero-order valence-electron chi connectivity index (χ0n) is 11.5. The molecule has 0 radical (unpaired) electrons. The molecule has 0 atom stereocenters. The fraction of sp³-hybridized carbons (Fsp3) is 0.0588. The summed E-state index contributed by atoms with van der Waals surface area (Å²) in [5.74, 6) is -0.114. The Bertz CT molecular complexity index is 751. The third kappa shape index (κ3) is 3.01. The molecular weight excluding hydrogens is 280 g/mol. The van der Waals surface area contributed by atoms with Gasteiger partial charge in [0, 0.05) is 11.1 Å². The monoisotopic (exact) mass is 294 g/mol. The first-order valence-electron chi connectivity index (χ1n) is 6.63. The van der Waals surface area contributed by atoms with E-state index in [4.69, 9.17) is 0 Å². The second-order valence-electron chi connectivity index (χ2n) is 4.60. The third-order valence-corrected chi connectivity index (χ3v) is 3.93. The second-order valence-corrected chi connectivity index (χ2v) is 5.80. The lowest BCUT2D eigenvalue weighted by atomic mass is 10.1. The summed E-state index contributed by atoms with van der Waals surface area (Å²) in [4.78, 5) is 16.8. The Morgan fingerprint density at radius 3 is 2.29 bits per heavy atom. The van der Waals surface area contributed by atoms with Gasteiger partial charge in [0.1, 0.15) is 10.7 Å². The van der Waals surface area contributed by atoms with Crippen LogP contribution in [0.5, 0.6) is 0 Å². The summed E-state index contributed by atoms with van der Waals surface area (Å²) in [7, 11) is 0. The van der Waals surface area contributed by atoms with Gasteiger partial charge >= 0.3 is 0 Å². The van der Waals surface area contributed by atoms with Crippen LogP contribution >= 0.6 is 11.3 Å². The fourth-order valence-electron chi connectivity index (χ4n) is 2.07. The summed E-state index contributed by atoms with van der Waals surface area (Å²) in [6, 6.07) is 19.1. The third-order valence-electron chi connectivity index (χ3n) is 3.04. The number of carbonyl (C=O) groups is 1. The summed E-state index contributed by atoms with van der Waals surface area (Å²) in [5, 5.41) is 4.68. The van der Waals surface area contributed by atoms with E-state index in [0.717, 1.165) is 21.3 Å². The maximum atomic E-state index is 12.3. The van der Waals surface area contributed by atoms with Crippen molar-refractivity contribution in [2.45, 2.75) is 6.92 Å². The highest BCUT2D eigenvalue weighted by atomic mass is 32.1. The number of thiazole rings is 1. The number of rotatable bonds is 3. The van der Waals surface area contributed by atoms with Crippen molar-refractivity contribution in [1.82, 2.24) is 4.98 Å². The van der Waals surface area contributed by atoms with Crippen molar-refractivity contribution >= 4 is 22.2 Å². The first-order chi connectivity index (χ1) is 10.2. The molecule has 0 fully saturated rings. The Kier molecular flexibility index (Phi) is 3.79. The van der Waals surface area contributed by atoms with Crippen LogP contribution in [0.2, 0.25) is 0 Å². The normalized spacial score (nSPS) is 10.3. The zero-order chi connectivity index (χ0) is 14.7. The minimum absolute atomic E-state index is 0.114. The molecule has 3 aromatic rings. The van der Waals surface area contributed by atoms with Crippen molar-refractivity contribution in [1.29, 1.82) is 0 Å². The molecule has 104 valence electrons. The molecule has 0 spiro atoms. The van der Waals surface area contributed by atoms with Gasteiger partial charge in [-0.3, -0.25) is 4.79 Å². The zero-order valence-corrected chi connectivity index (χ0v) is 12.4. The smallest absolute Gasteiger partial charge is 0.256 e. The van der Waals surface area contributed by atoms with Crippen LogP contribution in [-0.4, -0.2) is 10.9 Å². The molecule has 3 nitrogen and oxygen atoms in total. The predicted octanol–water partition coefficient (Wildman–Crippen LogP) is 4.37. The molecule has 0 unspecified atom stereocenters. The Balaban J connectivity index is 1.92. The lowest BCUT2D eigenvalue weighted by Gasteiger charge is -2.05. The van der Waals surface area contributed by atoms with Gasteiger partial charge in [-0.15, -0.1) is 11.3 Å². The molecule has 3 rings (SSSR count). The van der Waals surface area contributed by atoms with Crippen LogP contribution in [0.25, 0.3) is 11.3 Å². The maximum absolute atomic E-state index is 12.3. The maximum Gasteiger partial charge on any atom is 0.256 e. The lowest BCUT2D eigenvalue weighted by molar-refractivity contribution is 0.102. The highest BCUT2D eigenvalue weighted by molar-refractivity contribution is 7.16. The van der Waals surface area contributed by atoms with Crippen molar-refractivity contribution in [3.05, 3.63) is 71.2 Å². The number of anilines is 1. The average Bonchev–Trinajstić information content (AvgIpc) is 2.89. The SMILES string of the molecule is Cc1nc(-c2ccccc2)c(NC(=O)c2ccccc2)s1. The van der Waals surface area contributed by atoms with Crippen molar-refractivity contribution in [3.63, 3.8) is 0 Å². The van der Waals surface area contributed by atoms with E-state index in [9.17, 15) is 4.79 Å². The van der Waals surface area contributed by atoms with Crippen LogP contribution < -0.4 is 5.32 Å². The van der Waals surface area contributed by atoms with E-state index >= 15 is 0 Å². The quantitative estimate of drug-likeness (QED) is 0.779. The number of carbonyl (C=O) groups excluding carboxylic acids is 1. The molecule has 0 aliphatic rings. The van der Waals surface area contributed by atoms with Crippen molar-refractivity contribution in [3.8, 4) is 11.3 Å². The van der Waals surface area contributed by atoms with Gasteiger partial charge in [-0.2, -0.15) is 0 Å². The summed E-state index contributed by atoms with van der Waals surface area (Å²) >= 11 is 1.49. The fourth-order valence-corrected chi connectivity index (χ4v) is 2.90. The van der Waals surface area contributed by atoms with E-state index in [2.05, 4.69) is 10.3 Å². The molecule has 1 aromatic heterocycles. The van der Waals surface area contributed by atoms with Gasteiger partial charge in [0.25, 0.3) is 5.91 Å². The average molecular weight is 294 g/mol. The van der Waals surface area contributed by atoms with Gasteiger partial charge in [0.05, 0.1) is 5.01 Å². The van der Waals surface area contributed by atoms with Gasteiger partial charge in [-0.05, 0) is 19.1 Å². The summed E-state index contributed by atoms with van der Waals surface area (Å²) in [5.41, 5.74) is 2.47. The number of nitrogens with zero attached hydrogens (tertiary/aromatic N) is 1. The number of aromatic nitrogens is 1. The Labute approximate surface area is 127 Å². The molecular formula is C17H14N2OS. The topological polar surface area (TPSA) is 42.0 Å². The Morgan fingerprint density at radius 2 is 1.62 bits per heavy atom. The largest absolute Gasteiger partial charge is 0.312 e. The molecule has 1 heterocycles. The van der Waals surface area contributed by atoms with Gasteiger partial charge in [-0.1, -0.05) is 48.5 Å². The van der Waals surface area contributed by atoms with Gasteiger partial charge < -0.3 is 5.32 Å². The van der Waals surface area contributed by atoms with Crippen LogP contribution in [0.4, 0.5) is 5.00 Å². The molecule has 2 aromatic carbocycles. The molecule has 0 saturated carbocycles. The van der Waals surface area contributed by atoms with Gasteiger partial charge in [-0.25, -0.2) is 4.98 Å². The Hall–Kier alpha value is -2.46. The minimum atomic E-state index is -0.114. The number of benzene rings is 2. The van der Waals surface area contributed by atoms with Crippen LogP contribution in [0.1, 0.15) is 15.4 Å². The molecule has 0 aliphatic heterocycles. The second kappa shape index (κ2) is 5.89. The van der Waals surface area contributed by atoms with Crippen molar-refractivity contribution in [2.24, 2.45) is 0 Å². The van der Waals surface area contributed by atoms with Crippen molar-refractivity contribution in [2.75, 3.05) is 5.32 Å². The number of hydrogen-bond donors (Lipinski definition) is 1. The molecule has 4 heteroatoms. The molecule has 1 amide bonds. The van der Waals surface area contributed by atoms with Crippen LogP contribution in [0.3, 0.4) is 0 Å². The number of amides is 1. The first-order valence-corrected chi connectivity index (χ1v) is 7.45. The number of hydrogen-bond acceptors (Lipinski definition) is 3. The van der Waals surface area contributed by atoms with E-state index in [1.165, 1.54) is 11.3 Å². The molecule has 1 N–H and O–H groups in total. The molecule has 0 aliphatic carbocycles. The predicted molar refractivity (Wildman–Crippen MR) is 86.7 cm³/mol. The van der Waals surface area contributed by atoms with Crippen LogP contribution in [0.15, 0.2) is 60.7 Å². The summed E-state index contributed by atoms with van der Waals surface area (Å²) in [6.45, 7) is 1.94. The molecule has 21 heavy (non-hydrogen) atoms. The van der Waals surface area contributed by atoms with E-state index in [1.807, 2.05) is 55.5 Å². The van der Waals surface area contributed by atoms with E-state index < -0.39 is 0 Å². The number of aryl methyl sites for hydroxylation is 1. The first kappa shape index (κ1) is 13.5. The van der Waals surface area contributed by atoms with Gasteiger partial charge in [0.2, 0.25) is 0 Å². The lowest BCUT2D eigenvalue weighted by Crippen LogP contribution is -2.11. The van der Waals surface area contributed by atoms with E-state index in [0.29, 0.717) is 5.56 Å². The summed E-state index contributed by atoms with van der Waals surface area (Å²) in [6.07, 6.45) is 0. The highest BCUT2D eigenvalue weighted by Crippen LogP contribution is 2.33. The minimum Gasteiger partial charge on any atom is -0.312 e. The van der Waals surface area contributed by atoms with Crippen LogP contribution in [0, 0.1) is 6.92 Å². The van der Waals surface area contributed by atoms with E-state index in [-0.39, 0.29) is 5.91 Å². The number of nitrogens with one attached hydrogen (secondary N) is 1. The molecule has 0 bridgehead atoms. The van der Waals surface area contributed by atoms with E-state index in [1.54, 1.807) is 12.1 Å². The van der Waals surface area contributed by atoms with Crippen LogP contribution in [-0.2, 0) is 0 Å².